The molecule has 0 radical (unpaired) electrons. The number of benzene rings is 1. The van der Waals surface area contributed by atoms with Gasteiger partial charge >= 0.3 is 0 Å². The first-order valence-corrected chi connectivity index (χ1v) is 10.4. The van der Waals surface area contributed by atoms with Crippen molar-refractivity contribution in [2.24, 2.45) is 10.9 Å². The van der Waals surface area contributed by atoms with Crippen molar-refractivity contribution in [1.29, 1.82) is 0 Å². The van der Waals surface area contributed by atoms with Crippen molar-refractivity contribution < 1.29 is 9.13 Å². The molecule has 0 amide bonds. The maximum atomic E-state index is 14.3. The first kappa shape index (κ1) is 24.4. The number of aromatic nitrogens is 2. The lowest BCUT2D eigenvalue weighted by Crippen LogP contribution is -2.39. The highest BCUT2D eigenvalue weighted by Gasteiger charge is 2.22. The predicted octanol–water partition coefficient (Wildman–Crippen LogP) is 4.36. The van der Waals surface area contributed by atoms with Crippen LogP contribution in [0.2, 0.25) is 0 Å². The number of guanidine groups is 1. The van der Waals surface area contributed by atoms with Crippen LogP contribution in [0.3, 0.4) is 0 Å². The van der Waals surface area contributed by atoms with Crippen LogP contribution in [0.25, 0.3) is 0 Å². The molecule has 1 aliphatic carbocycles. The number of nitrogens with zero attached hydrogens (tertiary/aromatic N) is 3. The Balaban J connectivity index is 0.00000320. The van der Waals surface area contributed by atoms with Crippen molar-refractivity contribution in [3.63, 3.8) is 0 Å². The molecule has 1 unspecified atom stereocenters. The summed E-state index contributed by atoms with van der Waals surface area (Å²) in [5, 5.41) is 11.1. The number of rotatable bonds is 9. The van der Waals surface area contributed by atoms with Gasteiger partial charge in [0.2, 0.25) is 0 Å². The standard InChI is InChI=1S/C22H32FN5O.HI/c1-15-12-16(2)28(27-15)11-5-10-25-22(24-4)26-17(3)19-8-9-21(20(23)13-19)29-14-18-6-7-18;/h8-9,12-13,17-18H,5-7,10-11,14H2,1-4H3,(H2,24,25,26);1H. The zero-order valence-corrected chi connectivity index (χ0v) is 20.6. The molecule has 1 saturated carbocycles. The van der Waals surface area contributed by atoms with Crippen LogP contribution in [0, 0.1) is 25.6 Å². The van der Waals surface area contributed by atoms with Gasteiger partial charge in [0.25, 0.3) is 0 Å². The Morgan fingerprint density at radius 1 is 1.33 bits per heavy atom. The summed E-state index contributed by atoms with van der Waals surface area (Å²) in [7, 11) is 1.73. The molecule has 1 aliphatic rings. The molecule has 3 rings (SSSR count). The van der Waals surface area contributed by atoms with Gasteiger partial charge in [-0.25, -0.2) is 4.39 Å². The van der Waals surface area contributed by atoms with Crippen molar-refractivity contribution in [2.75, 3.05) is 20.2 Å². The Hall–Kier alpha value is -1.84. The summed E-state index contributed by atoms with van der Waals surface area (Å²) in [6, 6.07) is 7.16. The monoisotopic (exact) mass is 529 g/mol. The Morgan fingerprint density at radius 2 is 2.10 bits per heavy atom. The van der Waals surface area contributed by atoms with Crippen molar-refractivity contribution >= 4 is 29.9 Å². The molecule has 0 bridgehead atoms. The van der Waals surface area contributed by atoms with E-state index < -0.39 is 0 Å². The van der Waals surface area contributed by atoms with Gasteiger partial charge in [-0.05, 0) is 69.7 Å². The maximum Gasteiger partial charge on any atom is 0.191 e. The molecule has 0 spiro atoms. The Morgan fingerprint density at radius 3 is 2.70 bits per heavy atom. The third kappa shape index (κ3) is 7.14. The lowest BCUT2D eigenvalue weighted by molar-refractivity contribution is 0.285. The van der Waals surface area contributed by atoms with Crippen molar-refractivity contribution in [2.45, 2.75) is 52.6 Å². The van der Waals surface area contributed by atoms with Crippen LogP contribution in [0.4, 0.5) is 4.39 Å². The summed E-state index contributed by atoms with van der Waals surface area (Å²) in [5.41, 5.74) is 3.06. The molecule has 0 saturated heterocycles. The highest BCUT2D eigenvalue weighted by atomic mass is 127. The summed E-state index contributed by atoms with van der Waals surface area (Å²) in [4.78, 5) is 4.27. The van der Waals surface area contributed by atoms with E-state index in [2.05, 4.69) is 33.7 Å². The van der Waals surface area contributed by atoms with E-state index in [-0.39, 0.29) is 35.8 Å². The summed E-state index contributed by atoms with van der Waals surface area (Å²) in [6.07, 6.45) is 3.31. The maximum absolute atomic E-state index is 14.3. The van der Waals surface area contributed by atoms with Crippen molar-refractivity contribution in [1.82, 2.24) is 20.4 Å². The molecular formula is C22H33FIN5O. The van der Waals surface area contributed by atoms with Gasteiger partial charge in [0.1, 0.15) is 0 Å². The molecule has 1 fully saturated rings. The van der Waals surface area contributed by atoms with Crippen molar-refractivity contribution in [3.8, 4) is 5.75 Å². The molecule has 2 N–H and O–H groups in total. The first-order valence-electron chi connectivity index (χ1n) is 10.4. The number of ether oxygens (including phenoxy) is 1. The van der Waals surface area contributed by atoms with Crippen LogP contribution >= 0.6 is 24.0 Å². The molecule has 1 aromatic carbocycles. The van der Waals surface area contributed by atoms with E-state index in [1.807, 2.05) is 24.6 Å². The van der Waals surface area contributed by atoms with Crippen LogP contribution in [-0.4, -0.2) is 35.9 Å². The number of aliphatic imine (C=N–C) groups is 1. The molecule has 1 heterocycles. The fourth-order valence-electron chi connectivity index (χ4n) is 3.22. The molecule has 30 heavy (non-hydrogen) atoms. The fourth-order valence-corrected chi connectivity index (χ4v) is 3.22. The summed E-state index contributed by atoms with van der Waals surface area (Å²) in [5.74, 6) is 1.31. The summed E-state index contributed by atoms with van der Waals surface area (Å²) in [6.45, 7) is 8.29. The normalized spacial score (nSPS) is 14.8. The van der Waals surface area contributed by atoms with E-state index in [1.165, 1.54) is 24.6 Å². The molecule has 1 atom stereocenters. The van der Waals surface area contributed by atoms with Crippen LogP contribution in [0.5, 0.6) is 5.75 Å². The molecule has 2 aromatic rings. The van der Waals surface area contributed by atoms with Crippen LogP contribution < -0.4 is 15.4 Å². The second-order valence-electron chi connectivity index (χ2n) is 7.81. The van der Waals surface area contributed by atoms with E-state index in [0.29, 0.717) is 24.2 Å². The number of halogens is 2. The van der Waals surface area contributed by atoms with E-state index in [4.69, 9.17) is 4.74 Å². The van der Waals surface area contributed by atoms with Crippen LogP contribution in [0.1, 0.15) is 49.2 Å². The quantitative estimate of drug-likeness (QED) is 0.219. The number of aryl methyl sites for hydroxylation is 3. The lowest BCUT2D eigenvalue weighted by Gasteiger charge is -2.19. The largest absolute Gasteiger partial charge is 0.490 e. The lowest BCUT2D eigenvalue weighted by atomic mass is 10.1. The third-order valence-electron chi connectivity index (χ3n) is 5.15. The summed E-state index contributed by atoms with van der Waals surface area (Å²) < 4.78 is 21.9. The Kier molecular flexibility index (Phi) is 9.38. The molecule has 8 heteroatoms. The SMILES string of the molecule is CN=C(NCCCn1nc(C)cc1C)NC(C)c1ccc(OCC2CC2)c(F)c1.I. The predicted molar refractivity (Wildman–Crippen MR) is 129 cm³/mol. The molecular weight excluding hydrogens is 496 g/mol. The minimum atomic E-state index is -0.315. The highest BCUT2D eigenvalue weighted by Crippen LogP contribution is 2.30. The van der Waals surface area contributed by atoms with Crippen molar-refractivity contribution in [3.05, 3.63) is 47.0 Å². The first-order chi connectivity index (χ1) is 14.0. The minimum Gasteiger partial charge on any atom is -0.490 e. The summed E-state index contributed by atoms with van der Waals surface area (Å²) >= 11 is 0. The molecule has 1 aromatic heterocycles. The second kappa shape index (κ2) is 11.5. The zero-order valence-electron chi connectivity index (χ0n) is 18.2. The van der Waals surface area contributed by atoms with E-state index in [0.717, 1.165) is 30.8 Å². The van der Waals surface area contributed by atoms with E-state index in [9.17, 15) is 4.39 Å². The van der Waals surface area contributed by atoms with Gasteiger partial charge in [-0.1, -0.05) is 6.07 Å². The number of hydrogen-bond acceptors (Lipinski definition) is 3. The van der Waals surface area contributed by atoms with Gasteiger partial charge in [0.15, 0.2) is 17.5 Å². The fraction of sp³-hybridized carbons (Fsp3) is 0.545. The van der Waals surface area contributed by atoms with Gasteiger partial charge in [-0.2, -0.15) is 5.10 Å². The molecule has 0 aliphatic heterocycles. The van der Waals surface area contributed by atoms with Gasteiger partial charge < -0.3 is 15.4 Å². The van der Waals surface area contributed by atoms with E-state index in [1.54, 1.807) is 13.1 Å². The number of hydrogen-bond donors (Lipinski definition) is 2. The Bertz CT molecular complexity index is 850. The van der Waals surface area contributed by atoms with Crippen LogP contribution in [-0.2, 0) is 6.54 Å². The van der Waals surface area contributed by atoms with Gasteiger partial charge in [-0.15, -0.1) is 24.0 Å². The smallest absolute Gasteiger partial charge is 0.191 e. The van der Waals surface area contributed by atoms with Gasteiger partial charge in [-0.3, -0.25) is 9.67 Å². The molecule has 166 valence electrons. The minimum absolute atomic E-state index is 0. The molecule has 6 nitrogen and oxygen atoms in total. The van der Waals surface area contributed by atoms with Gasteiger partial charge in [0, 0.05) is 25.8 Å². The van der Waals surface area contributed by atoms with Crippen LogP contribution in [0.15, 0.2) is 29.3 Å². The third-order valence-corrected chi connectivity index (χ3v) is 5.15. The second-order valence-corrected chi connectivity index (χ2v) is 7.81. The highest BCUT2D eigenvalue weighted by molar-refractivity contribution is 14.0. The topological polar surface area (TPSA) is 63.5 Å². The average molecular weight is 529 g/mol. The van der Waals surface area contributed by atoms with Gasteiger partial charge in [0.05, 0.1) is 18.3 Å². The van der Waals surface area contributed by atoms with E-state index >= 15 is 0 Å². The zero-order chi connectivity index (χ0) is 20.8. The number of nitrogens with one attached hydrogen (secondary N) is 2. The average Bonchev–Trinajstić information content (AvgIpc) is 3.46. The Labute approximate surface area is 195 Å².